The van der Waals surface area contributed by atoms with Gasteiger partial charge in [-0.15, -0.1) is 0 Å². The molecule has 0 unspecified atom stereocenters. The molecule has 0 aromatic carbocycles. The van der Waals surface area contributed by atoms with Gasteiger partial charge in [0, 0.05) is 5.71 Å². The zero-order valence-corrected chi connectivity index (χ0v) is 8.57. The van der Waals surface area contributed by atoms with Crippen molar-refractivity contribution in [3.63, 3.8) is 0 Å². The maximum absolute atomic E-state index is 12.6. The molecule has 14 heavy (non-hydrogen) atoms. The van der Waals surface area contributed by atoms with Crippen LogP contribution in [0.4, 0.5) is 13.2 Å². The summed E-state index contributed by atoms with van der Waals surface area (Å²) < 4.78 is 37.7. The van der Waals surface area contributed by atoms with Gasteiger partial charge in [-0.2, -0.15) is 13.2 Å². The lowest BCUT2D eigenvalue weighted by molar-refractivity contribution is -0.0940. The molecule has 1 aliphatic rings. The molecule has 0 spiro atoms. The van der Waals surface area contributed by atoms with Crippen molar-refractivity contribution in [2.45, 2.75) is 39.8 Å². The normalized spacial score (nSPS) is 18.9. The molecule has 1 nitrogen and oxygen atoms in total. The number of halogens is 3. The first kappa shape index (κ1) is 11.3. The highest BCUT2D eigenvalue weighted by Crippen LogP contribution is 2.36. The summed E-state index contributed by atoms with van der Waals surface area (Å²) >= 11 is 0. The van der Waals surface area contributed by atoms with Crippen LogP contribution in [-0.2, 0) is 0 Å². The van der Waals surface area contributed by atoms with E-state index in [2.05, 4.69) is 4.99 Å². The summed E-state index contributed by atoms with van der Waals surface area (Å²) in [7, 11) is 0. The van der Waals surface area contributed by atoms with Crippen molar-refractivity contribution in [1.82, 2.24) is 0 Å². The number of alkyl halides is 3. The smallest absolute Gasteiger partial charge is 0.253 e. The van der Waals surface area contributed by atoms with E-state index >= 15 is 0 Å². The second kappa shape index (κ2) is 3.75. The third-order valence-corrected chi connectivity index (χ3v) is 2.33. The van der Waals surface area contributed by atoms with Gasteiger partial charge in [0.05, 0.1) is 0 Å². The molecule has 0 aromatic rings. The Labute approximate surface area is 81.7 Å². The van der Waals surface area contributed by atoms with Gasteiger partial charge in [-0.1, -0.05) is 13.8 Å². The molecule has 80 valence electrons. The van der Waals surface area contributed by atoms with Crippen LogP contribution < -0.4 is 0 Å². The molecule has 0 bridgehead atoms. The van der Waals surface area contributed by atoms with Crippen LogP contribution in [0.5, 0.6) is 0 Å². The summed E-state index contributed by atoms with van der Waals surface area (Å²) in [5.74, 6) is -0.0801. The van der Waals surface area contributed by atoms with Crippen LogP contribution in [0.15, 0.2) is 16.3 Å². The second-order valence-electron chi connectivity index (χ2n) is 3.87. The highest BCUT2D eigenvalue weighted by Gasteiger charge is 2.38. The number of nitrogens with zero attached hydrogens (tertiary/aromatic N) is 1. The van der Waals surface area contributed by atoms with Gasteiger partial charge in [0.1, 0.15) is 5.70 Å². The Balaban J connectivity index is 3.15. The van der Waals surface area contributed by atoms with Crippen LogP contribution in [0.2, 0.25) is 0 Å². The summed E-state index contributed by atoms with van der Waals surface area (Å²) in [4.78, 5) is 3.63. The predicted octanol–water partition coefficient (Wildman–Crippen LogP) is 3.71. The van der Waals surface area contributed by atoms with E-state index in [1.165, 1.54) is 0 Å². The quantitative estimate of drug-likeness (QED) is 0.618. The number of hydrogen-bond acceptors (Lipinski definition) is 1. The fourth-order valence-electron chi connectivity index (χ4n) is 1.56. The first-order valence-electron chi connectivity index (χ1n) is 4.66. The summed E-state index contributed by atoms with van der Waals surface area (Å²) in [5, 5.41) is 0. The van der Waals surface area contributed by atoms with Crippen molar-refractivity contribution in [3.8, 4) is 0 Å². The number of aliphatic imine (C=N–C) groups is 1. The summed E-state index contributed by atoms with van der Waals surface area (Å²) in [5.41, 5.74) is 0.334. The third-order valence-electron chi connectivity index (χ3n) is 2.33. The van der Waals surface area contributed by atoms with Gasteiger partial charge in [0.2, 0.25) is 0 Å². The van der Waals surface area contributed by atoms with Crippen LogP contribution in [0.1, 0.15) is 33.6 Å². The van der Waals surface area contributed by atoms with E-state index < -0.39 is 11.9 Å². The second-order valence-corrected chi connectivity index (χ2v) is 3.87. The Bertz CT molecular complexity index is 284. The molecular formula is C10H14F3N. The average Bonchev–Trinajstić information content (AvgIpc) is 2.01. The molecule has 0 saturated carbocycles. The van der Waals surface area contributed by atoms with E-state index in [4.69, 9.17) is 0 Å². The Kier molecular flexibility index (Phi) is 3.02. The number of allylic oxidation sites excluding steroid dienone is 2. The van der Waals surface area contributed by atoms with Crippen LogP contribution in [0.25, 0.3) is 0 Å². The summed E-state index contributed by atoms with van der Waals surface area (Å²) in [6, 6.07) is 0. The SMILES string of the molecule is CC1=NC(C(F)(F)F)=C(C(C)C)CC1. The Morgan fingerprint density at radius 3 is 2.21 bits per heavy atom. The number of hydrogen-bond donors (Lipinski definition) is 0. The lowest BCUT2D eigenvalue weighted by Crippen LogP contribution is -2.19. The van der Waals surface area contributed by atoms with Crippen LogP contribution in [-0.4, -0.2) is 11.9 Å². The molecule has 0 amide bonds. The molecule has 0 aliphatic carbocycles. The van der Waals surface area contributed by atoms with E-state index in [1.807, 2.05) is 0 Å². The zero-order chi connectivity index (χ0) is 10.9. The van der Waals surface area contributed by atoms with E-state index in [-0.39, 0.29) is 5.92 Å². The molecule has 1 aliphatic heterocycles. The fourth-order valence-corrected chi connectivity index (χ4v) is 1.56. The zero-order valence-electron chi connectivity index (χ0n) is 8.57. The summed E-state index contributed by atoms with van der Waals surface area (Å²) in [6.45, 7) is 5.19. The van der Waals surface area contributed by atoms with Gasteiger partial charge >= 0.3 is 6.18 Å². The lowest BCUT2D eigenvalue weighted by atomic mass is 9.93. The minimum atomic E-state index is -4.30. The van der Waals surface area contributed by atoms with Gasteiger partial charge < -0.3 is 0 Å². The molecule has 1 heterocycles. The van der Waals surface area contributed by atoms with Gasteiger partial charge in [0.25, 0.3) is 0 Å². The monoisotopic (exact) mass is 205 g/mol. The maximum atomic E-state index is 12.6. The van der Waals surface area contributed by atoms with E-state index in [0.717, 1.165) is 0 Å². The molecular weight excluding hydrogens is 191 g/mol. The van der Waals surface area contributed by atoms with Crippen LogP contribution in [0, 0.1) is 5.92 Å². The highest BCUT2D eigenvalue weighted by molar-refractivity contribution is 5.84. The fraction of sp³-hybridized carbons (Fsp3) is 0.700. The lowest BCUT2D eigenvalue weighted by Gasteiger charge is -2.22. The van der Waals surface area contributed by atoms with Crippen molar-refractivity contribution in [2.75, 3.05) is 0 Å². The van der Waals surface area contributed by atoms with Crippen molar-refractivity contribution in [1.29, 1.82) is 0 Å². The maximum Gasteiger partial charge on any atom is 0.433 e. The molecule has 0 atom stereocenters. The van der Waals surface area contributed by atoms with E-state index in [9.17, 15) is 13.2 Å². The first-order chi connectivity index (χ1) is 6.32. The van der Waals surface area contributed by atoms with Crippen molar-refractivity contribution < 1.29 is 13.2 Å². The van der Waals surface area contributed by atoms with Gasteiger partial charge in [-0.3, -0.25) is 4.99 Å². The van der Waals surface area contributed by atoms with Crippen LogP contribution in [0.3, 0.4) is 0 Å². The van der Waals surface area contributed by atoms with Crippen molar-refractivity contribution >= 4 is 5.71 Å². The minimum absolute atomic E-state index is 0.0801. The summed E-state index contributed by atoms with van der Waals surface area (Å²) in [6.07, 6.45) is -3.17. The Hall–Kier alpha value is -0.800. The molecule has 0 N–H and O–H groups in total. The third kappa shape index (κ3) is 2.36. The molecule has 0 aromatic heterocycles. The topological polar surface area (TPSA) is 12.4 Å². The predicted molar refractivity (Wildman–Crippen MR) is 50.3 cm³/mol. The van der Waals surface area contributed by atoms with E-state index in [1.54, 1.807) is 20.8 Å². The van der Waals surface area contributed by atoms with Gasteiger partial charge in [0.15, 0.2) is 0 Å². The molecule has 0 radical (unpaired) electrons. The van der Waals surface area contributed by atoms with Crippen molar-refractivity contribution in [2.24, 2.45) is 10.9 Å². The van der Waals surface area contributed by atoms with Crippen molar-refractivity contribution in [3.05, 3.63) is 11.3 Å². The highest BCUT2D eigenvalue weighted by atomic mass is 19.4. The van der Waals surface area contributed by atoms with E-state index in [0.29, 0.717) is 24.1 Å². The largest absolute Gasteiger partial charge is 0.433 e. The minimum Gasteiger partial charge on any atom is -0.253 e. The van der Waals surface area contributed by atoms with Gasteiger partial charge in [-0.25, -0.2) is 0 Å². The first-order valence-corrected chi connectivity index (χ1v) is 4.66. The molecule has 4 heteroatoms. The van der Waals surface area contributed by atoms with Gasteiger partial charge in [-0.05, 0) is 31.3 Å². The average molecular weight is 205 g/mol. The Morgan fingerprint density at radius 1 is 1.21 bits per heavy atom. The standard InChI is InChI=1S/C10H14F3N/c1-6(2)8-5-4-7(3)14-9(8)10(11,12)13/h6H,4-5H2,1-3H3. The molecule has 1 rings (SSSR count). The molecule has 0 fully saturated rings. The van der Waals surface area contributed by atoms with Crippen LogP contribution >= 0.6 is 0 Å². The number of rotatable bonds is 1. The Morgan fingerprint density at radius 2 is 1.79 bits per heavy atom. The molecule has 0 saturated heterocycles.